The minimum Gasteiger partial charge on any atom is -0.391 e. The van der Waals surface area contributed by atoms with Gasteiger partial charge in [0.25, 0.3) is 0 Å². The van der Waals surface area contributed by atoms with Crippen LogP contribution in [-0.2, 0) is 6.54 Å². The molecule has 7 heteroatoms. The first-order valence-corrected chi connectivity index (χ1v) is 9.60. The van der Waals surface area contributed by atoms with Crippen LogP contribution in [-0.4, -0.2) is 54.6 Å². The zero-order valence-electron chi connectivity index (χ0n) is 15.1. The molecule has 0 radical (unpaired) electrons. The van der Waals surface area contributed by atoms with E-state index in [0.717, 1.165) is 49.6 Å². The molecule has 0 bridgehead atoms. The van der Waals surface area contributed by atoms with Crippen LogP contribution < -0.4 is 5.32 Å². The average molecular weight is 364 g/mol. The molecule has 3 aromatic heterocycles. The van der Waals surface area contributed by atoms with Gasteiger partial charge in [0.05, 0.1) is 36.6 Å². The summed E-state index contributed by atoms with van der Waals surface area (Å²) in [5.41, 5.74) is 1.13. The van der Waals surface area contributed by atoms with E-state index in [0.29, 0.717) is 11.8 Å². The number of anilines is 1. The van der Waals surface area contributed by atoms with Crippen molar-refractivity contribution < 1.29 is 5.11 Å². The van der Waals surface area contributed by atoms with Gasteiger partial charge in [0.2, 0.25) is 0 Å². The fraction of sp³-hybridized carbons (Fsp3) is 0.450. The minimum atomic E-state index is -0.347. The van der Waals surface area contributed by atoms with Gasteiger partial charge >= 0.3 is 0 Å². The topological polar surface area (TPSA) is 78.6 Å². The molecule has 5 rings (SSSR count). The minimum absolute atomic E-state index is 0.0372. The molecule has 27 heavy (non-hydrogen) atoms. The molecule has 1 saturated carbocycles. The maximum atomic E-state index is 10.6. The third kappa shape index (κ3) is 3.28. The van der Waals surface area contributed by atoms with E-state index in [9.17, 15) is 5.11 Å². The molecular formula is C20H24N6O. The van der Waals surface area contributed by atoms with Gasteiger partial charge in [0, 0.05) is 31.7 Å². The van der Waals surface area contributed by atoms with Crippen LogP contribution in [0.5, 0.6) is 0 Å². The van der Waals surface area contributed by atoms with Crippen molar-refractivity contribution in [2.45, 2.75) is 31.5 Å². The number of imidazole rings is 1. The summed E-state index contributed by atoms with van der Waals surface area (Å²) in [4.78, 5) is 15.5. The summed E-state index contributed by atoms with van der Waals surface area (Å²) in [6.07, 6.45) is 10.5. The lowest BCUT2D eigenvalue weighted by atomic mass is 9.77. The Morgan fingerprint density at radius 1 is 1.07 bits per heavy atom. The van der Waals surface area contributed by atoms with Gasteiger partial charge in [-0.2, -0.15) is 0 Å². The van der Waals surface area contributed by atoms with Crippen LogP contribution in [0.3, 0.4) is 0 Å². The molecule has 1 saturated heterocycles. The Morgan fingerprint density at radius 2 is 1.96 bits per heavy atom. The third-order valence-electron chi connectivity index (χ3n) is 5.99. The van der Waals surface area contributed by atoms with E-state index in [4.69, 9.17) is 0 Å². The van der Waals surface area contributed by atoms with Crippen molar-refractivity contribution in [1.82, 2.24) is 24.3 Å². The molecule has 7 nitrogen and oxygen atoms in total. The van der Waals surface area contributed by atoms with Gasteiger partial charge in [-0.15, -0.1) is 0 Å². The van der Waals surface area contributed by atoms with Crippen molar-refractivity contribution >= 4 is 11.3 Å². The molecule has 0 unspecified atom stereocenters. The molecule has 0 spiro atoms. The van der Waals surface area contributed by atoms with E-state index < -0.39 is 0 Å². The van der Waals surface area contributed by atoms with E-state index >= 15 is 0 Å². The highest BCUT2D eigenvalue weighted by molar-refractivity contribution is 5.45. The molecule has 2 aliphatic rings. The van der Waals surface area contributed by atoms with Crippen LogP contribution in [0.15, 0.2) is 49.2 Å². The number of aromatic nitrogens is 4. The summed E-state index contributed by atoms with van der Waals surface area (Å²) < 4.78 is 2.16. The van der Waals surface area contributed by atoms with Gasteiger partial charge in [-0.25, -0.2) is 9.97 Å². The van der Waals surface area contributed by atoms with E-state index in [2.05, 4.69) is 41.8 Å². The van der Waals surface area contributed by atoms with Crippen molar-refractivity contribution in [1.29, 1.82) is 0 Å². The Kier molecular flexibility index (Phi) is 4.26. The molecule has 1 aliphatic carbocycles. The number of hydrogen-bond donors (Lipinski definition) is 2. The van der Waals surface area contributed by atoms with Gasteiger partial charge in [0.1, 0.15) is 11.6 Å². The molecule has 3 aromatic rings. The maximum Gasteiger partial charge on any atom is 0.144 e. The number of fused-ring (bicyclic) bond motifs is 2. The molecule has 4 heterocycles. The Hall–Kier alpha value is -2.51. The summed E-state index contributed by atoms with van der Waals surface area (Å²) in [5, 5.41) is 14.0. The molecule has 4 atom stereocenters. The number of nitrogens with one attached hydrogen (secondary N) is 1. The second-order valence-corrected chi connectivity index (χ2v) is 7.76. The van der Waals surface area contributed by atoms with Gasteiger partial charge < -0.3 is 14.8 Å². The third-order valence-corrected chi connectivity index (χ3v) is 5.99. The van der Waals surface area contributed by atoms with Crippen molar-refractivity contribution in [3.8, 4) is 0 Å². The quantitative estimate of drug-likeness (QED) is 0.735. The Balaban J connectivity index is 1.26. The van der Waals surface area contributed by atoms with Crippen molar-refractivity contribution in [3.63, 3.8) is 0 Å². The van der Waals surface area contributed by atoms with Crippen molar-refractivity contribution in [2.75, 3.05) is 18.4 Å². The molecule has 0 aromatic carbocycles. The normalized spacial score (nSPS) is 28.3. The molecule has 0 amide bonds. The Labute approximate surface area is 158 Å². The summed E-state index contributed by atoms with van der Waals surface area (Å²) in [7, 11) is 0. The fourth-order valence-electron chi connectivity index (χ4n) is 4.69. The van der Waals surface area contributed by atoms with Crippen molar-refractivity contribution in [3.05, 3.63) is 55.0 Å². The van der Waals surface area contributed by atoms with Crippen LogP contribution >= 0.6 is 0 Å². The van der Waals surface area contributed by atoms with E-state index in [1.54, 1.807) is 18.6 Å². The number of rotatable bonds is 4. The summed E-state index contributed by atoms with van der Waals surface area (Å²) >= 11 is 0. The molecule has 140 valence electrons. The van der Waals surface area contributed by atoms with Crippen LogP contribution in [0.1, 0.15) is 18.7 Å². The lowest BCUT2D eigenvalue weighted by Gasteiger charge is -2.35. The second kappa shape index (κ2) is 6.90. The lowest BCUT2D eigenvalue weighted by Crippen LogP contribution is -2.43. The SMILES string of the molecule is O[C@@H]1C[C@H]2CN(Cc3ncc4ccccn34)C[C@H]2C[C@H]1Nc1cnccn1. The number of likely N-dealkylation sites (tertiary alicyclic amines) is 1. The number of aliphatic hydroxyl groups excluding tert-OH is 1. The maximum absolute atomic E-state index is 10.6. The van der Waals surface area contributed by atoms with E-state index in [-0.39, 0.29) is 12.1 Å². The zero-order chi connectivity index (χ0) is 18.2. The molecular weight excluding hydrogens is 340 g/mol. The Bertz CT molecular complexity index is 913. The first-order valence-electron chi connectivity index (χ1n) is 9.60. The number of hydrogen-bond acceptors (Lipinski definition) is 6. The zero-order valence-corrected chi connectivity index (χ0v) is 15.1. The highest BCUT2D eigenvalue weighted by Gasteiger charge is 2.41. The smallest absolute Gasteiger partial charge is 0.144 e. The molecule has 2 N–H and O–H groups in total. The molecule has 2 fully saturated rings. The highest BCUT2D eigenvalue weighted by atomic mass is 16.3. The number of nitrogens with zero attached hydrogens (tertiary/aromatic N) is 5. The average Bonchev–Trinajstić information content (AvgIpc) is 3.27. The van der Waals surface area contributed by atoms with E-state index in [1.165, 1.54) is 0 Å². The predicted molar refractivity (Wildman–Crippen MR) is 102 cm³/mol. The molecule has 1 aliphatic heterocycles. The van der Waals surface area contributed by atoms with Crippen LogP contribution in [0, 0.1) is 11.8 Å². The standard InChI is InChI=1S/C20H24N6O/c27-18-8-15-12-25(13-20-23-9-16-3-1-2-6-26(16)20)11-14(15)7-17(18)24-19-10-21-4-5-22-19/h1-6,9-10,14-15,17-18,27H,7-8,11-13H2,(H,22,24)/t14-,15+,17-,18-/m1/s1. The van der Waals surface area contributed by atoms with Crippen LogP contribution in [0.2, 0.25) is 0 Å². The van der Waals surface area contributed by atoms with Gasteiger partial charge in [-0.3, -0.25) is 9.88 Å². The lowest BCUT2D eigenvalue weighted by molar-refractivity contribution is 0.0735. The van der Waals surface area contributed by atoms with Crippen molar-refractivity contribution in [2.24, 2.45) is 11.8 Å². The first kappa shape index (κ1) is 16.6. The van der Waals surface area contributed by atoms with Gasteiger partial charge in [-0.1, -0.05) is 6.07 Å². The second-order valence-electron chi connectivity index (χ2n) is 7.76. The van der Waals surface area contributed by atoms with Gasteiger partial charge in [0.15, 0.2) is 0 Å². The highest BCUT2D eigenvalue weighted by Crippen LogP contribution is 2.37. The van der Waals surface area contributed by atoms with Gasteiger partial charge in [-0.05, 0) is 36.8 Å². The predicted octanol–water partition coefficient (Wildman–Crippen LogP) is 1.81. The van der Waals surface area contributed by atoms with Crippen LogP contribution in [0.25, 0.3) is 5.52 Å². The Morgan fingerprint density at radius 3 is 2.81 bits per heavy atom. The van der Waals surface area contributed by atoms with E-state index in [1.807, 2.05) is 18.3 Å². The summed E-state index contributed by atoms with van der Waals surface area (Å²) in [6, 6.07) is 6.20. The van der Waals surface area contributed by atoms with Crippen LogP contribution in [0.4, 0.5) is 5.82 Å². The first-order chi connectivity index (χ1) is 13.3. The largest absolute Gasteiger partial charge is 0.391 e. The monoisotopic (exact) mass is 364 g/mol. The summed E-state index contributed by atoms with van der Waals surface area (Å²) in [5.74, 6) is 2.96. The number of aliphatic hydroxyl groups is 1. The fourth-order valence-corrected chi connectivity index (χ4v) is 4.69. The number of pyridine rings is 1. The summed E-state index contributed by atoms with van der Waals surface area (Å²) in [6.45, 7) is 2.93.